The molecule has 0 radical (unpaired) electrons. The highest BCUT2D eigenvalue weighted by molar-refractivity contribution is 7.92. The third-order valence-electron chi connectivity index (χ3n) is 5.73. The Morgan fingerprint density at radius 3 is 2.24 bits per heavy atom. The number of ether oxygens (including phenoxy) is 2. The second-order valence-corrected chi connectivity index (χ2v) is 11.9. The third-order valence-corrected chi connectivity index (χ3v) is 7.58. The molecular formula is C25H31Cl2N3O6S. The van der Waals surface area contributed by atoms with Crippen LogP contribution >= 0.6 is 23.2 Å². The number of carbonyl (C=O) groups excluding carboxylic acids is 2. The van der Waals surface area contributed by atoms with Crippen LogP contribution in [0.5, 0.6) is 11.5 Å². The zero-order valence-electron chi connectivity index (χ0n) is 21.2. The molecule has 2 amide bonds. The van der Waals surface area contributed by atoms with Gasteiger partial charge in [-0.1, -0.05) is 43.1 Å². The van der Waals surface area contributed by atoms with E-state index in [2.05, 4.69) is 5.32 Å². The molecule has 0 spiro atoms. The predicted molar refractivity (Wildman–Crippen MR) is 144 cm³/mol. The maximum Gasteiger partial charge on any atom is 0.244 e. The smallest absolute Gasteiger partial charge is 0.244 e. The zero-order chi connectivity index (χ0) is 27.3. The number of anilines is 1. The highest BCUT2D eigenvalue weighted by Crippen LogP contribution is 2.35. The van der Waals surface area contributed by atoms with Crippen molar-refractivity contribution < 1.29 is 27.5 Å². The van der Waals surface area contributed by atoms with Crippen molar-refractivity contribution in [2.24, 2.45) is 5.92 Å². The van der Waals surface area contributed by atoms with Gasteiger partial charge < -0.3 is 19.7 Å². The van der Waals surface area contributed by atoms with E-state index in [4.69, 9.17) is 32.7 Å². The summed E-state index contributed by atoms with van der Waals surface area (Å²) in [6, 6.07) is 8.65. The summed E-state index contributed by atoms with van der Waals surface area (Å²) in [4.78, 5) is 27.9. The number of hydrogen-bond donors (Lipinski definition) is 1. The molecule has 0 fully saturated rings. The second-order valence-electron chi connectivity index (χ2n) is 9.13. The van der Waals surface area contributed by atoms with Crippen LogP contribution in [-0.2, 0) is 26.2 Å². The van der Waals surface area contributed by atoms with E-state index >= 15 is 0 Å². The number of benzene rings is 2. The lowest BCUT2D eigenvalue weighted by atomic mass is 10.1. The Morgan fingerprint density at radius 1 is 1.03 bits per heavy atom. The summed E-state index contributed by atoms with van der Waals surface area (Å²) in [6.07, 6.45) is 1.01. The van der Waals surface area contributed by atoms with E-state index in [-0.39, 0.29) is 24.1 Å². The normalized spacial score (nSPS) is 13.7. The molecule has 1 N–H and O–H groups in total. The molecule has 37 heavy (non-hydrogen) atoms. The number of nitrogens with one attached hydrogen (secondary N) is 1. The number of halogens is 2. The maximum absolute atomic E-state index is 13.7. The lowest BCUT2D eigenvalue weighted by Gasteiger charge is -2.32. The fourth-order valence-electron chi connectivity index (χ4n) is 3.69. The fraction of sp³-hybridized carbons (Fsp3) is 0.440. The summed E-state index contributed by atoms with van der Waals surface area (Å²) in [5, 5.41) is 3.47. The highest BCUT2D eigenvalue weighted by Gasteiger charge is 2.31. The SMILES string of the molecule is CC(C)CNC(=O)[C@H](C)N(Cc1c(Cl)cccc1Cl)C(=O)CN(c1ccc2c(c1)OCCO2)S(C)(=O)=O. The zero-order valence-corrected chi connectivity index (χ0v) is 23.5. The van der Waals surface area contributed by atoms with E-state index in [1.807, 2.05) is 13.8 Å². The molecule has 0 saturated heterocycles. The summed E-state index contributed by atoms with van der Waals surface area (Å²) in [7, 11) is -3.89. The largest absolute Gasteiger partial charge is 0.486 e. The molecule has 0 unspecified atom stereocenters. The van der Waals surface area contributed by atoms with Gasteiger partial charge in [-0.2, -0.15) is 0 Å². The van der Waals surface area contributed by atoms with Gasteiger partial charge >= 0.3 is 0 Å². The highest BCUT2D eigenvalue weighted by atomic mass is 35.5. The van der Waals surface area contributed by atoms with Gasteiger partial charge in [-0.25, -0.2) is 8.42 Å². The van der Waals surface area contributed by atoms with Crippen LogP contribution in [0.2, 0.25) is 10.0 Å². The maximum atomic E-state index is 13.7. The quantitative estimate of drug-likeness (QED) is 0.466. The number of rotatable bonds is 10. The summed E-state index contributed by atoms with van der Waals surface area (Å²) < 4.78 is 37.6. The summed E-state index contributed by atoms with van der Waals surface area (Å²) >= 11 is 12.7. The minimum atomic E-state index is -3.89. The first-order valence-electron chi connectivity index (χ1n) is 11.8. The molecule has 0 aromatic heterocycles. The summed E-state index contributed by atoms with van der Waals surface area (Å²) in [5.74, 6) is 0.0828. The molecule has 1 atom stereocenters. The average Bonchev–Trinajstić information content (AvgIpc) is 2.84. The first-order chi connectivity index (χ1) is 17.4. The molecule has 1 heterocycles. The number of hydrogen-bond acceptors (Lipinski definition) is 6. The molecule has 1 aliphatic heterocycles. The minimum absolute atomic E-state index is 0.0909. The van der Waals surface area contributed by atoms with Crippen molar-refractivity contribution in [3.63, 3.8) is 0 Å². The molecular weight excluding hydrogens is 541 g/mol. The van der Waals surface area contributed by atoms with Crippen LogP contribution in [0.3, 0.4) is 0 Å². The Hall–Kier alpha value is -2.69. The summed E-state index contributed by atoms with van der Waals surface area (Å²) in [5.41, 5.74) is 0.681. The van der Waals surface area contributed by atoms with Gasteiger partial charge in [-0.3, -0.25) is 13.9 Å². The van der Waals surface area contributed by atoms with Crippen molar-refractivity contribution >= 4 is 50.7 Å². The van der Waals surface area contributed by atoms with Crippen molar-refractivity contribution in [1.82, 2.24) is 10.2 Å². The van der Waals surface area contributed by atoms with Gasteiger partial charge in [0.05, 0.1) is 11.9 Å². The van der Waals surface area contributed by atoms with E-state index in [0.717, 1.165) is 10.6 Å². The molecule has 2 aromatic carbocycles. The van der Waals surface area contributed by atoms with Crippen LogP contribution in [0.15, 0.2) is 36.4 Å². The van der Waals surface area contributed by atoms with E-state index in [0.29, 0.717) is 46.9 Å². The van der Waals surface area contributed by atoms with Crippen LogP contribution in [0.4, 0.5) is 5.69 Å². The number of amides is 2. The number of nitrogens with zero attached hydrogens (tertiary/aromatic N) is 2. The van der Waals surface area contributed by atoms with Crippen molar-refractivity contribution in [2.45, 2.75) is 33.4 Å². The van der Waals surface area contributed by atoms with Crippen LogP contribution in [0.1, 0.15) is 26.3 Å². The standard InChI is InChI=1S/C25H31Cl2N3O6S/c1-16(2)13-28-25(32)17(3)29(14-19-20(26)6-5-7-21(19)27)24(31)15-30(37(4,33)34)18-8-9-22-23(12-18)36-11-10-35-22/h5-9,12,16-17H,10-11,13-15H2,1-4H3,(H,28,32)/t17-/m0/s1. The molecule has 9 nitrogen and oxygen atoms in total. The van der Waals surface area contributed by atoms with Crippen LogP contribution in [0, 0.1) is 5.92 Å². The third kappa shape index (κ3) is 7.43. The predicted octanol–water partition coefficient (Wildman–Crippen LogP) is 3.72. The molecule has 2 aromatic rings. The Labute approximate surface area is 227 Å². The van der Waals surface area contributed by atoms with E-state index in [9.17, 15) is 18.0 Å². The van der Waals surface area contributed by atoms with Crippen molar-refractivity contribution in [2.75, 3.05) is 36.9 Å². The number of sulfonamides is 1. The Kier molecular flexibility index (Phi) is 9.55. The minimum Gasteiger partial charge on any atom is -0.486 e. The molecule has 202 valence electrons. The summed E-state index contributed by atoms with van der Waals surface area (Å²) in [6.45, 7) is 5.97. The van der Waals surface area contributed by atoms with E-state index < -0.39 is 28.5 Å². The van der Waals surface area contributed by atoms with Gasteiger partial charge in [-0.15, -0.1) is 0 Å². The molecule has 1 aliphatic rings. The van der Waals surface area contributed by atoms with Crippen LogP contribution in [0.25, 0.3) is 0 Å². The molecule has 0 bridgehead atoms. The Balaban J connectivity index is 1.94. The van der Waals surface area contributed by atoms with Crippen LogP contribution < -0.4 is 19.1 Å². The molecule has 12 heteroatoms. The van der Waals surface area contributed by atoms with Crippen molar-refractivity contribution in [3.8, 4) is 11.5 Å². The average molecular weight is 573 g/mol. The van der Waals surface area contributed by atoms with Crippen LogP contribution in [-0.4, -0.2) is 63.7 Å². The monoisotopic (exact) mass is 571 g/mol. The lowest BCUT2D eigenvalue weighted by molar-refractivity contribution is -0.139. The van der Waals surface area contributed by atoms with E-state index in [1.54, 1.807) is 31.2 Å². The van der Waals surface area contributed by atoms with Gasteiger partial charge in [0.15, 0.2) is 11.5 Å². The first-order valence-corrected chi connectivity index (χ1v) is 14.4. The van der Waals surface area contributed by atoms with Crippen molar-refractivity contribution in [3.05, 3.63) is 52.0 Å². The first kappa shape index (κ1) is 28.9. The number of carbonyl (C=O) groups is 2. The topological polar surface area (TPSA) is 105 Å². The molecule has 0 aliphatic carbocycles. The van der Waals surface area contributed by atoms with Gasteiger partial charge in [0, 0.05) is 34.8 Å². The Morgan fingerprint density at radius 2 is 1.65 bits per heavy atom. The van der Waals surface area contributed by atoms with Gasteiger partial charge in [0.25, 0.3) is 0 Å². The Bertz CT molecular complexity index is 1230. The second kappa shape index (κ2) is 12.2. The van der Waals surface area contributed by atoms with Crippen molar-refractivity contribution in [1.29, 1.82) is 0 Å². The van der Waals surface area contributed by atoms with E-state index in [1.165, 1.54) is 17.0 Å². The fourth-order valence-corrected chi connectivity index (χ4v) is 5.05. The van der Waals surface area contributed by atoms with Gasteiger partial charge in [0.1, 0.15) is 25.8 Å². The lowest BCUT2D eigenvalue weighted by Crippen LogP contribution is -2.51. The van der Waals surface area contributed by atoms with Gasteiger partial charge in [0.2, 0.25) is 21.8 Å². The van der Waals surface area contributed by atoms with Gasteiger partial charge in [-0.05, 0) is 37.1 Å². The molecule has 0 saturated carbocycles. The molecule has 3 rings (SSSR count). The number of fused-ring (bicyclic) bond motifs is 1.